The molecule has 0 bridgehead atoms. The molecule has 8 heteroatoms. The van der Waals surface area contributed by atoms with Crippen LogP contribution in [0.1, 0.15) is 25.0 Å². The maximum atomic E-state index is 13.2. The molecular formula is C24H23N5O3. The number of hydrogen-bond donors (Lipinski definition) is 0. The summed E-state index contributed by atoms with van der Waals surface area (Å²) in [5.74, 6) is 0.720. The van der Waals surface area contributed by atoms with Crippen molar-refractivity contribution in [3.8, 4) is 6.07 Å². The van der Waals surface area contributed by atoms with E-state index < -0.39 is 10.3 Å². The van der Waals surface area contributed by atoms with Crippen LogP contribution in [0.2, 0.25) is 0 Å². The van der Waals surface area contributed by atoms with E-state index in [4.69, 9.17) is 0 Å². The summed E-state index contributed by atoms with van der Waals surface area (Å²) in [4.78, 5) is 32.3. The number of nitro benzene ring substituents is 1. The largest absolute Gasteiger partial charge is 0.353 e. The van der Waals surface area contributed by atoms with Gasteiger partial charge < -0.3 is 9.80 Å². The lowest BCUT2D eigenvalue weighted by Gasteiger charge is -2.39. The van der Waals surface area contributed by atoms with Gasteiger partial charge in [0.05, 0.1) is 27.5 Å². The minimum absolute atomic E-state index is 0.0725. The average Bonchev–Trinajstić information content (AvgIpc) is 2.83. The third kappa shape index (κ3) is 3.85. The van der Waals surface area contributed by atoms with Crippen LogP contribution in [0.25, 0.3) is 10.9 Å². The quantitative estimate of drug-likeness (QED) is 0.463. The first-order chi connectivity index (χ1) is 15.3. The van der Waals surface area contributed by atoms with Crippen LogP contribution in [0.4, 0.5) is 11.5 Å². The van der Waals surface area contributed by atoms with Crippen LogP contribution in [0.3, 0.4) is 0 Å². The van der Waals surface area contributed by atoms with E-state index in [1.54, 1.807) is 12.1 Å². The number of carbonyl (C=O) groups is 1. The van der Waals surface area contributed by atoms with Gasteiger partial charge in [0.15, 0.2) is 0 Å². The van der Waals surface area contributed by atoms with Gasteiger partial charge in [0.2, 0.25) is 5.91 Å². The average molecular weight is 429 g/mol. The molecule has 1 amide bonds. The van der Waals surface area contributed by atoms with Crippen molar-refractivity contribution in [2.45, 2.75) is 19.3 Å². The zero-order valence-corrected chi connectivity index (χ0v) is 18.0. The lowest BCUT2D eigenvalue weighted by molar-refractivity contribution is -0.384. The Balaban J connectivity index is 1.53. The molecule has 32 heavy (non-hydrogen) atoms. The second-order valence-corrected chi connectivity index (χ2v) is 8.37. The molecule has 1 saturated heterocycles. The number of carbonyl (C=O) groups excluding carboxylic acids is 1. The van der Waals surface area contributed by atoms with Crippen LogP contribution in [-0.2, 0) is 10.2 Å². The fourth-order valence-electron chi connectivity index (χ4n) is 4.08. The number of aromatic nitrogens is 1. The number of piperazine rings is 1. The van der Waals surface area contributed by atoms with Gasteiger partial charge in [0, 0.05) is 43.7 Å². The van der Waals surface area contributed by atoms with Crippen molar-refractivity contribution in [3.63, 3.8) is 0 Å². The number of amides is 1. The topological polar surface area (TPSA) is 103 Å². The molecule has 4 rings (SSSR count). The molecule has 1 aliphatic rings. The Morgan fingerprint density at radius 1 is 1.09 bits per heavy atom. The summed E-state index contributed by atoms with van der Waals surface area (Å²) in [5.41, 5.74) is 1.17. The number of hydrogen-bond acceptors (Lipinski definition) is 6. The van der Waals surface area contributed by atoms with Crippen molar-refractivity contribution >= 4 is 28.3 Å². The van der Waals surface area contributed by atoms with Gasteiger partial charge in [-0.05, 0) is 31.5 Å². The Morgan fingerprint density at radius 3 is 2.41 bits per heavy atom. The summed E-state index contributed by atoms with van der Waals surface area (Å²) in [6, 6.07) is 17.9. The second-order valence-electron chi connectivity index (χ2n) is 8.37. The molecule has 8 nitrogen and oxygen atoms in total. The van der Waals surface area contributed by atoms with E-state index in [0.717, 1.165) is 5.56 Å². The van der Waals surface area contributed by atoms with E-state index in [0.29, 0.717) is 48.5 Å². The van der Waals surface area contributed by atoms with Gasteiger partial charge in [0.25, 0.3) is 5.69 Å². The Labute approximate surface area is 185 Å². The number of fused-ring (bicyclic) bond motifs is 1. The summed E-state index contributed by atoms with van der Waals surface area (Å²) in [6.07, 6.45) is 0. The number of nitro groups is 1. The van der Waals surface area contributed by atoms with Crippen LogP contribution in [-0.4, -0.2) is 46.9 Å². The maximum Gasteiger partial charge on any atom is 0.270 e. The number of nitriles is 1. The molecule has 162 valence electrons. The summed E-state index contributed by atoms with van der Waals surface area (Å²) in [7, 11) is 0. The summed E-state index contributed by atoms with van der Waals surface area (Å²) < 4.78 is 0. The van der Waals surface area contributed by atoms with Gasteiger partial charge in [-0.3, -0.25) is 14.9 Å². The fraction of sp³-hybridized carbons (Fsp3) is 0.292. The normalized spacial score (nSPS) is 14.3. The van der Waals surface area contributed by atoms with Gasteiger partial charge in [-0.25, -0.2) is 4.98 Å². The first-order valence-electron chi connectivity index (χ1n) is 10.4. The number of nitrogens with zero attached hydrogens (tertiary/aromatic N) is 5. The summed E-state index contributed by atoms with van der Waals surface area (Å²) >= 11 is 0. The zero-order valence-electron chi connectivity index (χ0n) is 18.0. The highest BCUT2D eigenvalue weighted by Gasteiger charge is 2.35. The number of pyridine rings is 1. The lowest BCUT2D eigenvalue weighted by atomic mass is 9.83. The van der Waals surface area contributed by atoms with Crippen molar-refractivity contribution in [2.24, 2.45) is 0 Å². The second kappa shape index (κ2) is 8.27. The van der Waals surface area contributed by atoms with Gasteiger partial charge in [-0.2, -0.15) is 5.26 Å². The third-order valence-electron chi connectivity index (χ3n) is 6.03. The van der Waals surface area contributed by atoms with Crippen LogP contribution < -0.4 is 4.90 Å². The van der Waals surface area contributed by atoms with Gasteiger partial charge in [0.1, 0.15) is 5.82 Å². The maximum absolute atomic E-state index is 13.2. The van der Waals surface area contributed by atoms with E-state index >= 15 is 0 Å². The highest BCUT2D eigenvalue weighted by molar-refractivity contribution is 5.89. The third-order valence-corrected chi connectivity index (χ3v) is 6.03. The van der Waals surface area contributed by atoms with Crippen molar-refractivity contribution in [1.82, 2.24) is 9.88 Å². The smallest absolute Gasteiger partial charge is 0.270 e. The summed E-state index contributed by atoms with van der Waals surface area (Å²) in [6.45, 7) is 6.18. The van der Waals surface area contributed by atoms with Gasteiger partial charge in [-0.15, -0.1) is 0 Å². The highest BCUT2D eigenvalue weighted by Crippen LogP contribution is 2.29. The predicted molar refractivity (Wildman–Crippen MR) is 121 cm³/mol. The molecule has 0 aliphatic carbocycles. The summed E-state index contributed by atoms with van der Waals surface area (Å²) in [5, 5.41) is 21.1. The Hall–Kier alpha value is -3.99. The first kappa shape index (κ1) is 21.2. The van der Waals surface area contributed by atoms with Crippen molar-refractivity contribution in [3.05, 3.63) is 75.8 Å². The minimum Gasteiger partial charge on any atom is -0.353 e. The molecule has 3 aromatic rings. The number of non-ortho nitro benzene ring substituents is 1. The van der Waals surface area contributed by atoms with Crippen LogP contribution in [0.15, 0.2) is 54.6 Å². The van der Waals surface area contributed by atoms with Crippen LogP contribution in [0, 0.1) is 21.4 Å². The molecule has 0 atom stereocenters. The van der Waals surface area contributed by atoms with Gasteiger partial charge >= 0.3 is 0 Å². The van der Waals surface area contributed by atoms with E-state index in [1.165, 1.54) is 12.1 Å². The van der Waals surface area contributed by atoms with Crippen LogP contribution in [0.5, 0.6) is 0 Å². The van der Waals surface area contributed by atoms with Crippen molar-refractivity contribution in [1.29, 1.82) is 5.26 Å². The molecule has 1 aliphatic heterocycles. The standard InChI is InChI=1S/C24H23N5O3/c1-24(2,18-6-4-3-5-7-18)23(30)28-12-10-27(11-13-28)22-14-17(16-25)20-15-19(29(31)32)8-9-21(20)26-22/h3-9,14-15H,10-13H2,1-2H3. The Morgan fingerprint density at radius 2 is 1.78 bits per heavy atom. The van der Waals surface area contributed by atoms with Crippen molar-refractivity contribution < 1.29 is 9.72 Å². The Bertz CT molecular complexity index is 1230. The number of anilines is 1. The zero-order chi connectivity index (χ0) is 22.9. The SMILES string of the molecule is CC(C)(C(=O)N1CCN(c2cc(C#N)c3cc([N+](=O)[O-])ccc3n2)CC1)c1ccccc1. The molecule has 2 heterocycles. The van der Waals surface area contributed by atoms with E-state index in [9.17, 15) is 20.2 Å². The predicted octanol–water partition coefficient (Wildman–Crippen LogP) is 3.64. The molecule has 0 N–H and O–H groups in total. The van der Waals surface area contributed by atoms with Gasteiger partial charge in [-0.1, -0.05) is 30.3 Å². The fourth-order valence-corrected chi connectivity index (χ4v) is 4.08. The van der Waals surface area contributed by atoms with Crippen LogP contribution >= 0.6 is 0 Å². The molecule has 2 aromatic carbocycles. The molecule has 1 aromatic heterocycles. The number of rotatable bonds is 4. The number of benzene rings is 2. The molecular weight excluding hydrogens is 406 g/mol. The molecule has 0 unspecified atom stereocenters. The van der Waals surface area contributed by atoms with E-state index in [2.05, 4.69) is 11.1 Å². The Kier molecular flexibility index (Phi) is 5.49. The molecule has 0 radical (unpaired) electrons. The van der Waals surface area contributed by atoms with E-state index in [-0.39, 0.29) is 11.6 Å². The monoisotopic (exact) mass is 429 g/mol. The first-order valence-corrected chi connectivity index (χ1v) is 10.4. The van der Waals surface area contributed by atoms with Crippen molar-refractivity contribution in [2.75, 3.05) is 31.1 Å². The highest BCUT2D eigenvalue weighted by atomic mass is 16.6. The molecule has 0 saturated carbocycles. The minimum atomic E-state index is -0.618. The lowest BCUT2D eigenvalue weighted by Crippen LogP contribution is -2.53. The van der Waals surface area contributed by atoms with E-state index in [1.807, 2.05) is 54.0 Å². The molecule has 0 spiro atoms. The molecule has 1 fully saturated rings.